The molecule has 0 spiro atoms. The number of benzene rings is 1. The molecule has 1 heterocycles. The summed E-state index contributed by atoms with van der Waals surface area (Å²) >= 11 is 0. The average Bonchev–Trinajstić information content (AvgIpc) is 2.51. The fourth-order valence-electron chi connectivity index (χ4n) is 2.59. The van der Waals surface area contributed by atoms with Gasteiger partial charge in [0, 0.05) is 18.7 Å². The summed E-state index contributed by atoms with van der Waals surface area (Å²) < 4.78 is 5.64. The molecule has 2 rings (SSSR count). The topological polar surface area (TPSA) is 50.9 Å². The molecule has 1 atom stereocenters. The van der Waals surface area contributed by atoms with Crippen LogP contribution in [0.15, 0.2) is 41.9 Å². The van der Waals surface area contributed by atoms with Crippen molar-refractivity contribution in [2.45, 2.75) is 26.3 Å². The Morgan fingerprint density at radius 1 is 1.50 bits per heavy atom. The number of piperidine rings is 1. The van der Waals surface area contributed by atoms with E-state index in [2.05, 4.69) is 23.4 Å². The first-order valence-electron chi connectivity index (χ1n) is 7.57. The van der Waals surface area contributed by atoms with Crippen molar-refractivity contribution in [3.8, 4) is 5.75 Å². The standard InChI is InChI=1S/C17H25N3O.HI/c1-3-11-21-16-9-5-4-8-15(16)12-19-17(18)20-10-6-7-14(2)13-20;/h3-5,8-9,14H,1,6-7,10-13H2,2H3,(H2,18,19);1H. The Morgan fingerprint density at radius 2 is 2.27 bits per heavy atom. The maximum atomic E-state index is 6.13. The van der Waals surface area contributed by atoms with E-state index in [1.807, 2.05) is 24.3 Å². The second-order valence-corrected chi connectivity index (χ2v) is 5.58. The Morgan fingerprint density at radius 3 is 3.00 bits per heavy atom. The quantitative estimate of drug-likeness (QED) is 0.347. The molecule has 1 aliphatic rings. The van der Waals surface area contributed by atoms with Crippen LogP contribution in [-0.4, -0.2) is 30.6 Å². The van der Waals surface area contributed by atoms with Gasteiger partial charge in [0.25, 0.3) is 0 Å². The number of aliphatic imine (C=N–C) groups is 1. The molecule has 0 aliphatic carbocycles. The first-order valence-corrected chi connectivity index (χ1v) is 7.57. The van der Waals surface area contributed by atoms with Crippen molar-refractivity contribution in [1.29, 1.82) is 0 Å². The third-order valence-electron chi connectivity index (χ3n) is 3.72. The summed E-state index contributed by atoms with van der Waals surface area (Å²) in [5.74, 6) is 2.18. The highest BCUT2D eigenvalue weighted by molar-refractivity contribution is 14.0. The number of ether oxygens (including phenoxy) is 1. The van der Waals surface area contributed by atoms with Gasteiger partial charge in [-0.2, -0.15) is 0 Å². The van der Waals surface area contributed by atoms with Gasteiger partial charge in [-0.25, -0.2) is 4.99 Å². The number of para-hydroxylation sites is 1. The van der Waals surface area contributed by atoms with Crippen LogP contribution >= 0.6 is 24.0 Å². The van der Waals surface area contributed by atoms with Gasteiger partial charge < -0.3 is 15.4 Å². The molecule has 1 aromatic rings. The van der Waals surface area contributed by atoms with Gasteiger partial charge in [-0.05, 0) is 24.8 Å². The van der Waals surface area contributed by atoms with Crippen molar-refractivity contribution in [3.63, 3.8) is 0 Å². The molecule has 0 bridgehead atoms. The minimum absolute atomic E-state index is 0. The zero-order valence-corrected chi connectivity index (χ0v) is 15.5. The van der Waals surface area contributed by atoms with Gasteiger partial charge in [-0.3, -0.25) is 0 Å². The number of rotatable bonds is 5. The van der Waals surface area contributed by atoms with E-state index in [0.29, 0.717) is 25.0 Å². The summed E-state index contributed by atoms with van der Waals surface area (Å²) in [4.78, 5) is 6.72. The van der Waals surface area contributed by atoms with Crippen molar-refractivity contribution in [2.75, 3.05) is 19.7 Å². The molecule has 5 heteroatoms. The maximum absolute atomic E-state index is 6.13. The number of hydrogen-bond acceptors (Lipinski definition) is 2. The Balaban J connectivity index is 0.00000242. The lowest BCUT2D eigenvalue weighted by molar-refractivity contribution is 0.270. The molecular weight excluding hydrogens is 389 g/mol. The third-order valence-corrected chi connectivity index (χ3v) is 3.72. The fourth-order valence-corrected chi connectivity index (χ4v) is 2.59. The predicted octanol–water partition coefficient (Wildman–Crippen LogP) is 3.42. The fraction of sp³-hybridized carbons (Fsp3) is 0.471. The molecule has 1 unspecified atom stereocenters. The Bertz CT molecular complexity index is 504. The molecule has 1 aliphatic heterocycles. The number of guanidine groups is 1. The molecule has 2 N–H and O–H groups in total. The predicted molar refractivity (Wildman–Crippen MR) is 103 cm³/mol. The van der Waals surface area contributed by atoms with Crippen molar-refractivity contribution in [2.24, 2.45) is 16.6 Å². The minimum Gasteiger partial charge on any atom is -0.489 e. The highest BCUT2D eigenvalue weighted by atomic mass is 127. The van der Waals surface area contributed by atoms with E-state index >= 15 is 0 Å². The lowest BCUT2D eigenvalue weighted by Gasteiger charge is -2.31. The number of nitrogens with two attached hydrogens (primary N) is 1. The van der Waals surface area contributed by atoms with E-state index in [0.717, 1.165) is 24.4 Å². The van der Waals surface area contributed by atoms with Crippen LogP contribution in [0, 0.1) is 5.92 Å². The van der Waals surface area contributed by atoms with Crippen LogP contribution in [0.4, 0.5) is 0 Å². The van der Waals surface area contributed by atoms with Crippen LogP contribution in [0.3, 0.4) is 0 Å². The number of likely N-dealkylation sites (tertiary alicyclic amines) is 1. The largest absolute Gasteiger partial charge is 0.489 e. The van der Waals surface area contributed by atoms with Crippen LogP contribution in [0.5, 0.6) is 5.75 Å². The molecule has 0 amide bonds. The molecule has 1 aromatic carbocycles. The summed E-state index contributed by atoms with van der Waals surface area (Å²) in [5.41, 5.74) is 7.18. The van der Waals surface area contributed by atoms with Crippen LogP contribution in [0.25, 0.3) is 0 Å². The van der Waals surface area contributed by atoms with Crippen LogP contribution in [-0.2, 0) is 6.54 Å². The Labute approximate surface area is 150 Å². The van der Waals surface area contributed by atoms with Crippen molar-refractivity contribution < 1.29 is 4.74 Å². The third kappa shape index (κ3) is 5.51. The zero-order valence-electron chi connectivity index (χ0n) is 13.2. The van der Waals surface area contributed by atoms with Gasteiger partial charge in [0.05, 0.1) is 6.54 Å². The number of nitrogens with zero attached hydrogens (tertiary/aromatic N) is 2. The maximum Gasteiger partial charge on any atom is 0.191 e. The van der Waals surface area contributed by atoms with E-state index in [-0.39, 0.29) is 24.0 Å². The van der Waals surface area contributed by atoms with Gasteiger partial charge in [-0.1, -0.05) is 37.8 Å². The van der Waals surface area contributed by atoms with Gasteiger partial charge in [0.2, 0.25) is 0 Å². The van der Waals surface area contributed by atoms with Crippen LogP contribution < -0.4 is 10.5 Å². The summed E-state index contributed by atoms with van der Waals surface area (Å²) in [6.45, 7) is 8.99. The van der Waals surface area contributed by atoms with Gasteiger partial charge in [0.1, 0.15) is 12.4 Å². The van der Waals surface area contributed by atoms with Gasteiger partial charge >= 0.3 is 0 Å². The first kappa shape index (κ1) is 18.8. The van der Waals surface area contributed by atoms with Gasteiger partial charge in [-0.15, -0.1) is 24.0 Å². The smallest absolute Gasteiger partial charge is 0.191 e. The summed E-state index contributed by atoms with van der Waals surface area (Å²) in [5, 5.41) is 0. The molecular formula is C17H26IN3O. The first-order chi connectivity index (χ1) is 10.2. The molecule has 0 radical (unpaired) electrons. The van der Waals surface area contributed by atoms with Crippen LogP contribution in [0.2, 0.25) is 0 Å². The lowest BCUT2D eigenvalue weighted by atomic mass is 10.0. The molecule has 0 aromatic heterocycles. The molecule has 122 valence electrons. The average molecular weight is 415 g/mol. The summed E-state index contributed by atoms with van der Waals surface area (Å²) in [6.07, 6.45) is 4.21. The second kappa shape index (κ2) is 9.71. The summed E-state index contributed by atoms with van der Waals surface area (Å²) in [6, 6.07) is 7.92. The van der Waals surface area contributed by atoms with E-state index in [4.69, 9.17) is 10.5 Å². The van der Waals surface area contributed by atoms with E-state index < -0.39 is 0 Å². The normalized spacial score (nSPS) is 18.5. The molecule has 22 heavy (non-hydrogen) atoms. The molecule has 1 saturated heterocycles. The monoisotopic (exact) mass is 415 g/mol. The van der Waals surface area contributed by atoms with Crippen LogP contribution in [0.1, 0.15) is 25.3 Å². The van der Waals surface area contributed by atoms with E-state index in [1.54, 1.807) is 6.08 Å². The lowest BCUT2D eigenvalue weighted by Crippen LogP contribution is -2.43. The minimum atomic E-state index is 0. The van der Waals surface area contributed by atoms with E-state index in [1.165, 1.54) is 12.8 Å². The summed E-state index contributed by atoms with van der Waals surface area (Å²) in [7, 11) is 0. The van der Waals surface area contributed by atoms with E-state index in [9.17, 15) is 0 Å². The molecule has 1 fully saturated rings. The molecule has 0 saturated carbocycles. The number of hydrogen-bond donors (Lipinski definition) is 1. The Kier molecular flexibility index (Phi) is 8.30. The van der Waals surface area contributed by atoms with Crippen molar-refractivity contribution in [3.05, 3.63) is 42.5 Å². The zero-order chi connectivity index (χ0) is 15.1. The molecule has 4 nitrogen and oxygen atoms in total. The highest BCUT2D eigenvalue weighted by Gasteiger charge is 2.17. The second-order valence-electron chi connectivity index (χ2n) is 5.58. The van der Waals surface area contributed by atoms with Crippen molar-refractivity contribution in [1.82, 2.24) is 4.90 Å². The Hall–Kier alpha value is -1.24. The van der Waals surface area contributed by atoms with Gasteiger partial charge in [0.15, 0.2) is 5.96 Å². The SMILES string of the molecule is C=CCOc1ccccc1CN=C(N)N1CCCC(C)C1.I. The number of halogens is 1. The highest BCUT2D eigenvalue weighted by Crippen LogP contribution is 2.19. The van der Waals surface area contributed by atoms with Crippen molar-refractivity contribution >= 4 is 29.9 Å².